The number of anilines is 1. The molecule has 0 aliphatic carbocycles. The number of aromatic nitrogens is 1. The van der Waals surface area contributed by atoms with Gasteiger partial charge in [-0.15, -0.1) is 0 Å². The maximum atomic E-state index is 13.3. The Balaban J connectivity index is 1.75. The Morgan fingerprint density at radius 1 is 1.10 bits per heavy atom. The van der Waals surface area contributed by atoms with E-state index in [0.717, 1.165) is 5.56 Å². The average molecular weight is 448 g/mol. The monoisotopic (exact) mass is 447 g/mol. The van der Waals surface area contributed by atoms with E-state index in [2.05, 4.69) is 4.98 Å². The molecule has 1 aromatic heterocycles. The minimum atomic E-state index is -3.62. The third-order valence-electron chi connectivity index (χ3n) is 5.35. The van der Waals surface area contributed by atoms with Crippen molar-refractivity contribution in [2.45, 2.75) is 32.1 Å². The van der Waals surface area contributed by atoms with E-state index >= 15 is 0 Å². The van der Waals surface area contributed by atoms with Gasteiger partial charge in [0.2, 0.25) is 10.0 Å². The van der Waals surface area contributed by atoms with E-state index in [1.165, 1.54) is 10.5 Å². The fraction of sp³-hybridized carbons (Fsp3) is 0.455. The van der Waals surface area contributed by atoms with Gasteiger partial charge in [0.25, 0.3) is 0 Å². The zero-order valence-corrected chi connectivity index (χ0v) is 19.2. The Bertz CT molecular complexity index is 1040. The van der Waals surface area contributed by atoms with Gasteiger partial charge in [0.15, 0.2) is 0 Å². The van der Waals surface area contributed by atoms with Crippen LogP contribution in [0.5, 0.6) is 5.75 Å². The minimum absolute atomic E-state index is 0.310. The van der Waals surface area contributed by atoms with Gasteiger partial charge in [-0.3, -0.25) is 0 Å². The van der Waals surface area contributed by atoms with Crippen molar-refractivity contribution >= 4 is 21.8 Å². The summed E-state index contributed by atoms with van der Waals surface area (Å²) in [6, 6.07) is 6.90. The molecule has 9 heteroatoms. The van der Waals surface area contributed by atoms with Crippen molar-refractivity contribution < 1.29 is 22.7 Å². The number of sulfonamides is 1. The fourth-order valence-corrected chi connectivity index (χ4v) is 5.43. The quantitative estimate of drug-likeness (QED) is 0.629. The normalized spacial score (nSPS) is 15.4. The van der Waals surface area contributed by atoms with Crippen LogP contribution >= 0.6 is 0 Å². The Morgan fingerprint density at radius 3 is 2.52 bits per heavy atom. The van der Waals surface area contributed by atoms with E-state index in [9.17, 15) is 13.2 Å². The molecule has 1 fully saturated rings. The number of benzene rings is 1. The lowest BCUT2D eigenvalue weighted by Gasteiger charge is -2.23. The predicted octanol–water partition coefficient (Wildman–Crippen LogP) is 2.78. The van der Waals surface area contributed by atoms with Crippen LogP contribution in [0.3, 0.4) is 0 Å². The molecule has 0 spiro atoms. The molecular weight excluding hydrogens is 418 g/mol. The molecule has 1 saturated heterocycles. The molecule has 0 N–H and O–H groups in total. The van der Waals surface area contributed by atoms with Crippen LogP contribution in [0.1, 0.15) is 34.8 Å². The van der Waals surface area contributed by atoms with Crippen LogP contribution in [-0.2, 0) is 14.8 Å². The van der Waals surface area contributed by atoms with Gasteiger partial charge >= 0.3 is 5.97 Å². The topological polar surface area (TPSA) is 89.0 Å². The minimum Gasteiger partial charge on any atom is -0.496 e. The summed E-state index contributed by atoms with van der Waals surface area (Å²) in [6.45, 7) is 7.67. The largest absolute Gasteiger partial charge is 0.496 e. The number of carbonyl (C=O) groups excluding carboxylic acids is 1. The van der Waals surface area contributed by atoms with Gasteiger partial charge < -0.3 is 14.4 Å². The van der Waals surface area contributed by atoms with E-state index < -0.39 is 16.0 Å². The molecule has 8 nitrogen and oxygen atoms in total. The number of rotatable bonds is 6. The Morgan fingerprint density at radius 2 is 1.87 bits per heavy atom. The van der Waals surface area contributed by atoms with Crippen molar-refractivity contribution in [2.24, 2.45) is 0 Å². The number of pyridine rings is 1. The molecule has 2 aromatic rings. The van der Waals surface area contributed by atoms with Crippen molar-refractivity contribution in [1.29, 1.82) is 0 Å². The first-order valence-electron chi connectivity index (χ1n) is 10.3. The first-order valence-corrected chi connectivity index (χ1v) is 11.8. The lowest BCUT2D eigenvalue weighted by Crippen LogP contribution is -2.35. The Hall–Kier alpha value is -2.65. The summed E-state index contributed by atoms with van der Waals surface area (Å²) in [5.74, 6) is 0.986. The van der Waals surface area contributed by atoms with Gasteiger partial charge in [-0.25, -0.2) is 18.2 Å². The number of methoxy groups -OCH3 is 1. The molecule has 1 aromatic carbocycles. The molecule has 0 unspecified atom stereocenters. The third kappa shape index (κ3) is 4.99. The maximum Gasteiger partial charge on any atom is 0.339 e. The van der Waals surface area contributed by atoms with Crippen molar-refractivity contribution in [1.82, 2.24) is 9.29 Å². The smallest absolute Gasteiger partial charge is 0.339 e. The van der Waals surface area contributed by atoms with E-state index in [0.29, 0.717) is 66.8 Å². The van der Waals surface area contributed by atoms with Crippen LogP contribution in [0.4, 0.5) is 5.82 Å². The number of carbonyl (C=O) groups is 1. The van der Waals surface area contributed by atoms with Gasteiger partial charge in [0, 0.05) is 32.4 Å². The summed E-state index contributed by atoms with van der Waals surface area (Å²) in [4.78, 5) is 18.5. The van der Waals surface area contributed by atoms with E-state index in [-0.39, 0.29) is 0 Å². The first-order chi connectivity index (χ1) is 14.8. The highest BCUT2D eigenvalue weighted by Gasteiger charge is 2.29. The molecule has 1 aliphatic heterocycles. The van der Waals surface area contributed by atoms with Crippen LogP contribution < -0.4 is 9.64 Å². The summed E-state index contributed by atoms with van der Waals surface area (Å²) >= 11 is 0. The van der Waals surface area contributed by atoms with Gasteiger partial charge in [-0.05, 0) is 62.6 Å². The summed E-state index contributed by atoms with van der Waals surface area (Å²) in [5, 5.41) is 0. The SMILES string of the molecule is CCOC(=O)c1ccc(N2CCCN(S(=O)(=O)c3cc(C)c(OC)cc3C)CC2)nc1. The maximum absolute atomic E-state index is 13.3. The highest BCUT2D eigenvalue weighted by Crippen LogP contribution is 2.28. The molecule has 1 aliphatic rings. The third-order valence-corrected chi connectivity index (χ3v) is 7.39. The predicted molar refractivity (Wildman–Crippen MR) is 118 cm³/mol. The number of esters is 1. The second-order valence-electron chi connectivity index (χ2n) is 7.46. The van der Waals surface area contributed by atoms with Gasteiger partial charge in [-0.2, -0.15) is 4.31 Å². The average Bonchev–Trinajstić information content (AvgIpc) is 3.02. The molecule has 2 heterocycles. The van der Waals surface area contributed by atoms with E-state index in [4.69, 9.17) is 9.47 Å². The molecule has 0 atom stereocenters. The van der Waals surface area contributed by atoms with E-state index in [1.54, 1.807) is 45.2 Å². The number of hydrogen-bond donors (Lipinski definition) is 0. The summed E-state index contributed by atoms with van der Waals surface area (Å²) in [6.07, 6.45) is 2.17. The lowest BCUT2D eigenvalue weighted by atomic mass is 10.1. The van der Waals surface area contributed by atoms with Gasteiger partial charge in [-0.1, -0.05) is 0 Å². The summed E-state index contributed by atoms with van der Waals surface area (Å²) in [7, 11) is -2.05. The zero-order chi connectivity index (χ0) is 22.6. The molecule has 0 saturated carbocycles. The van der Waals surface area contributed by atoms with Crippen LogP contribution in [0.15, 0.2) is 35.4 Å². The highest BCUT2D eigenvalue weighted by molar-refractivity contribution is 7.89. The second kappa shape index (κ2) is 9.65. The van der Waals surface area contributed by atoms with Crippen molar-refractivity contribution in [3.05, 3.63) is 47.2 Å². The standard InChI is InChI=1S/C22H29N3O5S/c1-5-30-22(26)18-7-8-21(23-15-18)24-9-6-10-25(12-11-24)31(27,28)20-14-16(2)19(29-4)13-17(20)3/h7-8,13-15H,5-6,9-12H2,1-4H3. The van der Waals surface area contributed by atoms with Crippen molar-refractivity contribution in [2.75, 3.05) is 44.8 Å². The van der Waals surface area contributed by atoms with Crippen LogP contribution in [-0.4, -0.2) is 63.6 Å². The molecular formula is C22H29N3O5S. The first kappa shape index (κ1) is 23.0. The van der Waals surface area contributed by atoms with Crippen LogP contribution in [0.25, 0.3) is 0 Å². The molecule has 0 bridgehead atoms. The van der Waals surface area contributed by atoms with Crippen molar-refractivity contribution in [3.63, 3.8) is 0 Å². The Labute approximate surface area is 183 Å². The number of ether oxygens (including phenoxy) is 2. The summed E-state index contributed by atoms with van der Waals surface area (Å²) in [5.41, 5.74) is 1.85. The molecule has 168 valence electrons. The molecule has 0 radical (unpaired) electrons. The Kier molecular flexibility index (Phi) is 7.17. The van der Waals surface area contributed by atoms with Crippen LogP contribution in [0, 0.1) is 13.8 Å². The fourth-order valence-electron chi connectivity index (χ4n) is 3.67. The van der Waals surface area contributed by atoms with Gasteiger partial charge in [0.1, 0.15) is 11.6 Å². The number of hydrogen-bond acceptors (Lipinski definition) is 7. The zero-order valence-electron chi connectivity index (χ0n) is 18.4. The number of nitrogens with zero attached hydrogens (tertiary/aromatic N) is 3. The van der Waals surface area contributed by atoms with E-state index in [1.807, 2.05) is 11.8 Å². The molecule has 3 rings (SSSR count). The summed E-state index contributed by atoms with van der Waals surface area (Å²) < 4.78 is 38.5. The molecule has 31 heavy (non-hydrogen) atoms. The highest BCUT2D eigenvalue weighted by atomic mass is 32.2. The number of aryl methyl sites for hydroxylation is 2. The lowest BCUT2D eigenvalue weighted by molar-refractivity contribution is 0.0526. The van der Waals surface area contributed by atoms with Crippen LogP contribution in [0.2, 0.25) is 0 Å². The molecule has 0 amide bonds. The van der Waals surface area contributed by atoms with Crippen molar-refractivity contribution in [3.8, 4) is 5.75 Å². The van der Waals surface area contributed by atoms with Gasteiger partial charge in [0.05, 0.1) is 24.2 Å². The second-order valence-corrected chi connectivity index (χ2v) is 9.36.